The monoisotopic (exact) mass is 744 g/mol. The van der Waals surface area contributed by atoms with Crippen LogP contribution in [-0.4, -0.2) is 94.6 Å². The molecule has 1 saturated heterocycles. The molecule has 4 unspecified atom stereocenters. The maximum atomic E-state index is 14.5. The number of carbonyl (C=O) groups excluding carboxylic acids is 4. The van der Waals surface area contributed by atoms with Gasteiger partial charge in [-0.15, -0.1) is 16.8 Å². The first-order valence-electron chi connectivity index (χ1n) is 17.4. The largest absolute Gasteiger partial charge is 0.473 e. The van der Waals surface area contributed by atoms with Crippen molar-refractivity contribution in [3.63, 3.8) is 0 Å². The Labute approximate surface area is 305 Å². The molecule has 4 atom stereocenters. The van der Waals surface area contributed by atoms with Crippen molar-refractivity contribution in [2.24, 2.45) is 5.41 Å². The van der Waals surface area contributed by atoms with E-state index in [2.05, 4.69) is 32.1 Å². The molecule has 1 aromatic carbocycles. The summed E-state index contributed by atoms with van der Waals surface area (Å²) in [6.45, 7) is 19.1. The molecular weight excluding hydrogens is 692 g/mol. The summed E-state index contributed by atoms with van der Waals surface area (Å²) in [5.74, 6) is -1.77. The molecule has 0 radical (unpaired) electrons. The molecule has 1 aromatic heterocycles. The SMILES string of the molecule is C=CCC(C)(NC(=O)C1CC(Oc2nnc(OC(C)C)c3ccccc23)CN1C(=O)C(NC(=O)OC(C)(C)C)C(C)(C)C)C(=O)NS(=O)(=O)C1CC1. The van der Waals surface area contributed by atoms with Gasteiger partial charge in [-0.25, -0.2) is 13.2 Å². The molecule has 2 fully saturated rings. The fourth-order valence-corrected chi connectivity index (χ4v) is 7.18. The molecule has 3 N–H and O–H groups in total. The molecule has 1 aliphatic heterocycles. The lowest BCUT2D eigenvalue weighted by Gasteiger charge is -2.36. The number of sulfonamides is 1. The van der Waals surface area contributed by atoms with E-state index in [1.54, 1.807) is 47.6 Å². The molecule has 2 aliphatic rings. The van der Waals surface area contributed by atoms with Crippen LogP contribution in [0.5, 0.6) is 11.8 Å². The van der Waals surface area contributed by atoms with Gasteiger partial charge < -0.3 is 29.7 Å². The molecule has 0 spiro atoms. The standard InChI is InChI=1S/C36H52N6O9S/c1-11-18-36(10,32(45)41-52(47,48)23-16-17-23)38-28(43)26-19-22(50-30-25-15-13-12-14-24(25)29(39-40-30)49-21(2)3)20-42(26)31(44)27(34(4,5)6)37-33(46)51-35(7,8)9/h11-15,21-23,26-27H,1,16-20H2,2-10H3,(H,37,46)(H,38,43)(H,41,45). The van der Waals surface area contributed by atoms with Crippen LogP contribution >= 0.6 is 0 Å². The third kappa shape index (κ3) is 9.89. The van der Waals surface area contributed by atoms with Crippen LogP contribution in [0.3, 0.4) is 0 Å². The Morgan fingerprint density at radius 3 is 2.13 bits per heavy atom. The Bertz CT molecular complexity index is 1800. The van der Waals surface area contributed by atoms with Gasteiger partial charge in [-0.05, 0) is 78.4 Å². The highest BCUT2D eigenvalue weighted by Crippen LogP contribution is 2.34. The van der Waals surface area contributed by atoms with Gasteiger partial charge in [0, 0.05) is 6.42 Å². The highest BCUT2D eigenvalue weighted by molar-refractivity contribution is 7.91. The number of aromatic nitrogens is 2. The normalized spacial score (nSPS) is 19.7. The minimum absolute atomic E-state index is 0.0344. The first-order valence-corrected chi connectivity index (χ1v) is 19.0. The maximum Gasteiger partial charge on any atom is 0.408 e. The Balaban J connectivity index is 1.69. The average Bonchev–Trinajstić information content (AvgIpc) is 3.80. The van der Waals surface area contributed by atoms with Crippen molar-refractivity contribution in [1.29, 1.82) is 0 Å². The second-order valence-electron chi connectivity index (χ2n) is 15.9. The van der Waals surface area contributed by atoms with Gasteiger partial charge in [-0.1, -0.05) is 39.0 Å². The molecule has 1 aliphatic carbocycles. The van der Waals surface area contributed by atoms with Crippen LogP contribution in [0.2, 0.25) is 0 Å². The van der Waals surface area contributed by atoms with Gasteiger partial charge in [0.2, 0.25) is 33.6 Å². The summed E-state index contributed by atoms with van der Waals surface area (Å²) < 4.78 is 45.1. The van der Waals surface area contributed by atoms with Gasteiger partial charge in [0.1, 0.15) is 29.3 Å². The summed E-state index contributed by atoms with van der Waals surface area (Å²) in [6, 6.07) is 4.90. The third-order valence-corrected chi connectivity index (χ3v) is 10.3. The fourth-order valence-electron chi connectivity index (χ4n) is 5.77. The molecule has 16 heteroatoms. The second kappa shape index (κ2) is 15.2. The van der Waals surface area contributed by atoms with Crippen molar-refractivity contribution in [2.75, 3.05) is 6.54 Å². The van der Waals surface area contributed by atoms with Crippen LogP contribution in [0.1, 0.15) is 88.0 Å². The van der Waals surface area contributed by atoms with Crippen molar-refractivity contribution in [3.05, 3.63) is 36.9 Å². The van der Waals surface area contributed by atoms with E-state index in [1.165, 1.54) is 17.9 Å². The molecule has 4 rings (SSSR count). The van der Waals surface area contributed by atoms with E-state index in [4.69, 9.17) is 14.2 Å². The summed E-state index contributed by atoms with van der Waals surface area (Å²) in [5, 5.41) is 14.5. The lowest BCUT2D eigenvalue weighted by Crippen LogP contribution is -2.62. The summed E-state index contributed by atoms with van der Waals surface area (Å²) in [6.07, 6.45) is 0.364. The number of nitrogens with one attached hydrogen (secondary N) is 3. The van der Waals surface area contributed by atoms with E-state index in [0.29, 0.717) is 29.5 Å². The number of ether oxygens (including phenoxy) is 3. The number of alkyl carbamates (subject to hydrolysis) is 1. The Kier molecular flexibility index (Phi) is 11.8. The first kappa shape index (κ1) is 40.3. The Morgan fingerprint density at radius 2 is 1.60 bits per heavy atom. The topological polar surface area (TPSA) is 195 Å². The third-order valence-electron chi connectivity index (χ3n) is 8.52. The quantitative estimate of drug-likeness (QED) is 0.253. The van der Waals surface area contributed by atoms with E-state index < -0.39 is 73.8 Å². The molecule has 4 amide bonds. The van der Waals surface area contributed by atoms with Crippen LogP contribution in [-0.2, 0) is 29.1 Å². The number of hydrogen-bond donors (Lipinski definition) is 3. The lowest BCUT2D eigenvalue weighted by molar-refractivity contribution is -0.143. The van der Waals surface area contributed by atoms with Gasteiger partial charge in [-0.3, -0.25) is 19.1 Å². The van der Waals surface area contributed by atoms with Gasteiger partial charge in [0.25, 0.3) is 5.91 Å². The number of amides is 4. The van der Waals surface area contributed by atoms with Crippen LogP contribution in [0.15, 0.2) is 36.9 Å². The van der Waals surface area contributed by atoms with E-state index in [0.717, 1.165) is 0 Å². The van der Waals surface area contributed by atoms with E-state index in [9.17, 15) is 27.6 Å². The molecule has 1 saturated carbocycles. The average molecular weight is 745 g/mol. The minimum Gasteiger partial charge on any atom is -0.473 e. The number of rotatable bonds is 13. The molecule has 52 heavy (non-hydrogen) atoms. The van der Waals surface area contributed by atoms with E-state index >= 15 is 0 Å². The summed E-state index contributed by atoms with van der Waals surface area (Å²) >= 11 is 0. The van der Waals surface area contributed by atoms with Crippen LogP contribution < -0.4 is 24.8 Å². The predicted octanol–water partition coefficient (Wildman–Crippen LogP) is 3.76. The van der Waals surface area contributed by atoms with Crippen molar-refractivity contribution >= 4 is 44.6 Å². The van der Waals surface area contributed by atoms with E-state index in [1.807, 2.05) is 32.0 Å². The van der Waals surface area contributed by atoms with Crippen molar-refractivity contribution in [2.45, 2.75) is 129 Å². The first-order chi connectivity index (χ1) is 24.0. The number of hydrogen-bond acceptors (Lipinski definition) is 11. The zero-order valence-corrected chi connectivity index (χ0v) is 32.3. The molecule has 2 heterocycles. The van der Waals surface area contributed by atoms with Crippen molar-refractivity contribution < 1.29 is 41.8 Å². The molecule has 2 aromatic rings. The summed E-state index contributed by atoms with van der Waals surface area (Å²) in [5.41, 5.74) is -3.41. The van der Waals surface area contributed by atoms with Gasteiger partial charge >= 0.3 is 6.09 Å². The molecule has 0 bridgehead atoms. The molecular formula is C36H52N6O9S. The van der Waals surface area contributed by atoms with Crippen molar-refractivity contribution in [3.8, 4) is 11.8 Å². The van der Waals surface area contributed by atoms with Crippen molar-refractivity contribution in [1.82, 2.24) is 30.5 Å². The lowest BCUT2D eigenvalue weighted by atomic mass is 9.85. The molecule has 15 nitrogen and oxygen atoms in total. The van der Waals surface area contributed by atoms with Gasteiger partial charge in [0.05, 0.1) is 28.7 Å². The van der Waals surface area contributed by atoms with Gasteiger partial charge in [0.15, 0.2) is 0 Å². The number of likely N-dealkylation sites (tertiary alicyclic amines) is 1. The number of benzene rings is 1. The minimum atomic E-state index is -3.93. The van der Waals surface area contributed by atoms with Crippen LogP contribution in [0.4, 0.5) is 4.79 Å². The summed E-state index contributed by atoms with van der Waals surface area (Å²) in [4.78, 5) is 56.3. The van der Waals surface area contributed by atoms with Crippen LogP contribution in [0, 0.1) is 5.41 Å². The number of nitrogens with zero attached hydrogens (tertiary/aromatic N) is 3. The maximum absolute atomic E-state index is 14.5. The fraction of sp³-hybridized carbons (Fsp3) is 0.611. The highest BCUT2D eigenvalue weighted by Gasteiger charge is 2.49. The molecule has 286 valence electrons. The zero-order chi connectivity index (χ0) is 38.8. The zero-order valence-electron chi connectivity index (χ0n) is 31.4. The number of carbonyl (C=O) groups is 4. The van der Waals surface area contributed by atoms with Crippen LogP contribution in [0.25, 0.3) is 10.8 Å². The summed E-state index contributed by atoms with van der Waals surface area (Å²) in [7, 11) is -3.93. The Morgan fingerprint density at radius 1 is 1.00 bits per heavy atom. The van der Waals surface area contributed by atoms with E-state index in [-0.39, 0.29) is 31.4 Å². The van der Waals surface area contributed by atoms with Gasteiger partial charge in [-0.2, -0.15) is 0 Å². The number of fused-ring (bicyclic) bond motifs is 1. The Hall–Kier alpha value is -4.47. The smallest absolute Gasteiger partial charge is 0.408 e. The highest BCUT2D eigenvalue weighted by atomic mass is 32.2. The second-order valence-corrected chi connectivity index (χ2v) is 17.9. The predicted molar refractivity (Wildman–Crippen MR) is 194 cm³/mol.